The van der Waals surface area contributed by atoms with Gasteiger partial charge in [0.15, 0.2) is 0 Å². The summed E-state index contributed by atoms with van der Waals surface area (Å²) in [6.07, 6.45) is 3.19. The molecule has 0 unspecified atom stereocenters. The highest BCUT2D eigenvalue weighted by Crippen LogP contribution is 2.29. The van der Waals surface area contributed by atoms with Gasteiger partial charge in [-0.1, -0.05) is 0 Å². The molecule has 1 aromatic carbocycles. The smallest absolute Gasteiger partial charge is 0.247 e. The number of hydrogen-bond acceptors (Lipinski definition) is 4. The Morgan fingerprint density at radius 1 is 1.14 bits per heavy atom. The minimum atomic E-state index is -0.0994. The maximum Gasteiger partial charge on any atom is 0.247 e. The van der Waals surface area contributed by atoms with Gasteiger partial charge in [0, 0.05) is 18.0 Å². The molecule has 0 radical (unpaired) electrons. The number of aromatic nitrogens is 4. The van der Waals surface area contributed by atoms with Crippen LogP contribution in [0.15, 0.2) is 41.6 Å². The van der Waals surface area contributed by atoms with Crippen LogP contribution in [-0.2, 0) is 0 Å². The lowest BCUT2D eigenvalue weighted by molar-refractivity contribution is 1.09. The summed E-state index contributed by atoms with van der Waals surface area (Å²) in [6.45, 7) is 4.08. The van der Waals surface area contributed by atoms with Crippen molar-refractivity contribution in [3.05, 3.63) is 58.3 Å². The maximum atomic E-state index is 11.2. The lowest BCUT2D eigenvalue weighted by Crippen LogP contribution is -2.02. The molecule has 2 aromatic heterocycles. The molecule has 0 saturated heterocycles. The van der Waals surface area contributed by atoms with E-state index in [1.54, 1.807) is 6.20 Å². The van der Waals surface area contributed by atoms with Crippen LogP contribution in [0.25, 0.3) is 11.1 Å². The monoisotopic (exact) mass is 281 g/mol. The Kier molecular flexibility index (Phi) is 3.27. The van der Waals surface area contributed by atoms with E-state index in [0.717, 1.165) is 27.9 Å². The molecule has 0 fully saturated rings. The van der Waals surface area contributed by atoms with E-state index in [2.05, 4.69) is 25.5 Å². The van der Waals surface area contributed by atoms with Gasteiger partial charge in [0.2, 0.25) is 11.5 Å². The van der Waals surface area contributed by atoms with Crippen LogP contribution in [0.5, 0.6) is 0 Å². The molecule has 0 aliphatic heterocycles. The first-order chi connectivity index (χ1) is 10.1. The van der Waals surface area contributed by atoms with Gasteiger partial charge >= 0.3 is 0 Å². The predicted molar refractivity (Wildman–Crippen MR) is 81.6 cm³/mol. The summed E-state index contributed by atoms with van der Waals surface area (Å²) < 4.78 is 0. The van der Waals surface area contributed by atoms with Gasteiger partial charge in [-0.3, -0.25) is 4.79 Å². The van der Waals surface area contributed by atoms with E-state index in [-0.39, 0.29) is 5.56 Å². The molecule has 3 aromatic rings. The molecule has 0 aliphatic carbocycles. The molecule has 2 heterocycles. The predicted octanol–water partition coefficient (Wildman–Crippen LogP) is 2.52. The summed E-state index contributed by atoms with van der Waals surface area (Å²) in [7, 11) is 0. The van der Waals surface area contributed by atoms with E-state index in [1.807, 2.05) is 32.0 Å². The highest BCUT2D eigenvalue weighted by Gasteiger charge is 2.08. The number of aromatic amines is 2. The molecular formula is C15H15N5O. The molecule has 3 N–H and O–H groups in total. The van der Waals surface area contributed by atoms with E-state index in [0.29, 0.717) is 5.95 Å². The SMILES string of the molecule is Cc1cc(Nc2ncn[nH]2)cc(C)c1-c1ccc(=O)[nH]c1. The van der Waals surface area contributed by atoms with E-state index in [9.17, 15) is 4.79 Å². The number of aryl methyl sites for hydroxylation is 2. The molecule has 3 rings (SSSR count). The van der Waals surface area contributed by atoms with Crippen LogP contribution in [0.3, 0.4) is 0 Å². The van der Waals surface area contributed by atoms with Crippen molar-refractivity contribution in [3.8, 4) is 11.1 Å². The Labute approximate surface area is 121 Å². The fourth-order valence-electron chi connectivity index (χ4n) is 2.46. The molecule has 0 amide bonds. The van der Waals surface area contributed by atoms with E-state index in [1.165, 1.54) is 12.4 Å². The first kappa shape index (κ1) is 13.1. The number of nitrogens with zero attached hydrogens (tertiary/aromatic N) is 2. The quantitative estimate of drug-likeness (QED) is 0.688. The molecule has 21 heavy (non-hydrogen) atoms. The van der Waals surface area contributed by atoms with Crippen LogP contribution in [0.2, 0.25) is 0 Å². The Morgan fingerprint density at radius 2 is 1.90 bits per heavy atom. The number of hydrogen-bond donors (Lipinski definition) is 3. The van der Waals surface area contributed by atoms with Crippen molar-refractivity contribution in [3.63, 3.8) is 0 Å². The number of benzene rings is 1. The van der Waals surface area contributed by atoms with Crippen LogP contribution in [-0.4, -0.2) is 20.2 Å². The van der Waals surface area contributed by atoms with Crippen molar-refractivity contribution in [1.82, 2.24) is 20.2 Å². The lowest BCUT2D eigenvalue weighted by Gasteiger charge is -2.13. The molecule has 0 atom stereocenters. The minimum absolute atomic E-state index is 0.0994. The summed E-state index contributed by atoms with van der Waals surface area (Å²) in [4.78, 5) is 17.9. The normalized spacial score (nSPS) is 10.6. The topological polar surface area (TPSA) is 86.5 Å². The standard InChI is InChI=1S/C15H15N5O/c1-9-5-12(19-15-17-8-18-20-15)6-10(2)14(9)11-3-4-13(21)16-7-11/h3-8H,1-2H3,(H,16,21)(H2,17,18,19,20). The van der Waals surface area contributed by atoms with Crippen LogP contribution >= 0.6 is 0 Å². The largest absolute Gasteiger partial charge is 0.328 e. The number of pyridine rings is 1. The maximum absolute atomic E-state index is 11.2. The zero-order valence-corrected chi connectivity index (χ0v) is 11.8. The summed E-state index contributed by atoms with van der Waals surface area (Å²) in [5.41, 5.74) is 5.19. The highest BCUT2D eigenvalue weighted by atomic mass is 16.1. The Hall–Kier alpha value is -2.89. The van der Waals surface area contributed by atoms with E-state index in [4.69, 9.17) is 0 Å². The first-order valence-corrected chi connectivity index (χ1v) is 6.56. The van der Waals surface area contributed by atoms with Crippen molar-refractivity contribution >= 4 is 11.6 Å². The molecule has 0 aliphatic rings. The van der Waals surface area contributed by atoms with Gasteiger partial charge in [-0.2, -0.15) is 10.1 Å². The summed E-state index contributed by atoms with van der Waals surface area (Å²) >= 11 is 0. The van der Waals surface area contributed by atoms with Crippen molar-refractivity contribution in [2.24, 2.45) is 0 Å². The van der Waals surface area contributed by atoms with Crippen molar-refractivity contribution in [2.75, 3.05) is 5.32 Å². The second-order valence-corrected chi connectivity index (χ2v) is 4.89. The van der Waals surface area contributed by atoms with Crippen LogP contribution in [0.4, 0.5) is 11.6 Å². The Bertz CT molecular complexity index is 777. The summed E-state index contributed by atoms with van der Waals surface area (Å²) in [5.74, 6) is 0.602. The fourth-order valence-corrected chi connectivity index (χ4v) is 2.46. The molecule has 6 nitrogen and oxygen atoms in total. The lowest BCUT2D eigenvalue weighted by atomic mass is 9.96. The number of anilines is 2. The third-order valence-corrected chi connectivity index (χ3v) is 3.28. The van der Waals surface area contributed by atoms with Crippen LogP contribution in [0, 0.1) is 13.8 Å². The highest BCUT2D eigenvalue weighted by molar-refractivity contribution is 5.74. The van der Waals surface area contributed by atoms with Gasteiger partial charge in [0.25, 0.3) is 0 Å². The van der Waals surface area contributed by atoms with Crippen LogP contribution in [0.1, 0.15) is 11.1 Å². The number of nitrogens with one attached hydrogen (secondary N) is 3. The fraction of sp³-hybridized carbons (Fsp3) is 0.133. The van der Waals surface area contributed by atoms with Crippen molar-refractivity contribution < 1.29 is 0 Å². The molecule has 6 heteroatoms. The molecule has 0 saturated carbocycles. The molecule has 0 spiro atoms. The van der Waals surface area contributed by atoms with Gasteiger partial charge in [-0.05, 0) is 54.3 Å². The number of H-pyrrole nitrogens is 2. The Balaban J connectivity index is 2.00. The third-order valence-electron chi connectivity index (χ3n) is 3.28. The van der Waals surface area contributed by atoms with Gasteiger partial charge < -0.3 is 10.3 Å². The van der Waals surface area contributed by atoms with Crippen LogP contribution < -0.4 is 10.9 Å². The summed E-state index contributed by atoms with van der Waals surface area (Å²) in [5, 5.41) is 9.74. The van der Waals surface area contributed by atoms with Crippen molar-refractivity contribution in [2.45, 2.75) is 13.8 Å². The third kappa shape index (κ3) is 2.69. The van der Waals surface area contributed by atoms with Gasteiger partial charge in [-0.25, -0.2) is 5.10 Å². The zero-order chi connectivity index (χ0) is 14.8. The van der Waals surface area contributed by atoms with Crippen molar-refractivity contribution in [1.29, 1.82) is 0 Å². The number of rotatable bonds is 3. The molecule has 106 valence electrons. The zero-order valence-electron chi connectivity index (χ0n) is 11.8. The van der Waals surface area contributed by atoms with E-state index >= 15 is 0 Å². The van der Waals surface area contributed by atoms with Gasteiger partial charge in [0.1, 0.15) is 6.33 Å². The van der Waals surface area contributed by atoms with E-state index < -0.39 is 0 Å². The molecule has 0 bridgehead atoms. The van der Waals surface area contributed by atoms with Gasteiger partial charge in [-0.15, -0.1) is 0 Å². The first-order valence-electron chi connectivity index (χ1n) is 6.56. The average molecular weight is 281 g/mol. The minimum Gasteiger partial charge on any atom is -0.328 e. The summed E-state index contributed by atoms with van der Waals surface area (Å²) in [6, 6.07) is 7.44. The molecular weight excluding hydrogens is 266 g/mol. The second-order valence-electron chi connectivity index (χ2n) is 4.89. The Morgan fingerprint density at radius 3 is 2.48 bits per heavy atom. The van der Waals surface area contributed by atoms with Gasteiger partial charge in [0.05, 0.1) is 0 Å². The second kappa shape index (κ2) is 5.24. The average Bonchev–Trinajstić information content (AvgIpc) is 2.93.